The normalized spacial score (nSPS) is 21.3. The number of ether oxygens (including phenoxy) is 5. The molecule has 5 atom stereocenters. The number of pyridine rings is 1. The molecule has 0 saturated carbocycles. The van der Waals surface area contributed by atoms with Gasteiger partial charge in [-0.3, -0.25) is 0 Å². The third-order valence-corrected chi connectivity index (χ3v) is 8.71. The third kappa shape index (κ3) is 4.72. The number of rotatable bonds is 7. The number of aliphatic hydroxyl groups is 4. The van der Waals surface area contributed by atoms with Crippen LogP contribution in [-0.4, -0.2) is 93.7 Å². The van der Waals surface area contributed by atoms with Crippen LogP contribution < -0.4 is 24.6 Å². The van der Waals surface area contributed by atoms with Crippen molar-refractivity contribution in [2.24, 2.45) is 0 Å². The Kier molecular flexibility index (Phi) is 7.69. The van der Waals surface area contributed by atoms with Crippen molar-refractivity contribution in [3.8, 4) is 45.6 Å². The maximum atomic E-state index is 13.7. The molecule has 4 heterocycles. The van der Waals surface area contributed by atoms with Crippen LogP contribution >= 0.6 is 0 Å². The Morgan fingerprint density at radius 3 is 2.19 bits per heavy atom. The van der Waals surface area contributed by atoms with Crippen molar-refractivity contribution >= 4 is 38.2 Å². The van der Waals surface area contributed by atoms with E-state index < -0.39 is 42.9 Å². The van der Waals surface area contributed by atoms with Crippen LogP contribution in [0.15, 0.2) is 63.9 Å². The molecule has 0 amide bonds. The second-order valence-electron chi connectivity index (χ2n) is 11.3. The highest BCUT2D eigenvalue weighted by Crippen LogP contribution is 2.46. The van der Waals surface area contributed by atoms with E-state index in [1.165, 1.54) is 33.5 Å². The fourth-order valence-corrected chi connectivity index (χ4v) is 6.34. The van der Waals surface area contributed by atoms with Gasteiger partial charge in [-0.2, -0.15) is 0 Å². The van der Waals surface area contributed by atoms with Crippen LogP contribution in [0.1, 0.15) is 0 Å². The van der Waals surface area contributed by atoms with Crippen LogP contribution in [0.2, 0.25) is 0 Å². The average molecular weight is 662 g/mol. The highest BCUT2D eigenvalue weighted by Gasteiger charge is 2.45. The van der Waals surface area contributed by atoms with Gasteiger partial charge in [-0.1, -0.05) is 6.07 Å². The summed E-state index contributed by atoms with van der Waals surface area (Å²) in [5.74, 6) is 0.348. The van der Waals surface area contributed by atoms with E-state index in [0.717, 1.165) is 0 Å². The minimum Gasteiger partial charge on any atom is -0.504 e. The Balaban J connectivity index is 1.54. The Bertz CT molecular complexity index is 2270. The number of fused-ring (bicyclic) bond motifs is 7. The van der Waals surface area contributed by atoms with Crippen molar-refractivity contribution < 1.29 is 58.7 Å². The van der Waals surface area contributed by atoms with E-state index in [-0.39, 0.29) is 45.6 Å². The van der Waals surface area contributed by atoms with Gasteiger partial charge >= 0.3 is 5.63 Å². The molecule has 0 spiro atoms. The van der Waals surface area contributed by atoms with E-state index >= 15 is 0 Å². The number of nitrogens with zero attached hydrogens (tertiary/aromatic N) is 1. The molecule has 1 aliphatic heterocycles. The van der Waals surface area contributed by atoms with Crippen LogP contribution in [0.25, 0.3) is 49.3 Å². The summed E-state index contributed by atoms with van der Waals surface area (Å²) in [6.07, 6.45) is -5.83. The largest absolute Gasteiger partial charge is 0.504 e. The number of benzene rings is 3. The summed E-state index contributed by atoms with van der Waals surface area (Å²) in [4.78, 5) is 13.7. The lowest BCUT2D eigenvalue weighted by atomic mass is 9.97. The molecule has 7 rings (SSSR count). The zero-order chi connectivity index (χ0) is 34.0. The number of phenols is 2. The number of methoxy groups -OCH3 is 3. The third-order valence-electron chi connectivity index (χ3n) is 8.71. The highest BCUT2D eigenvalue weighted by atomic mass is 16.7. The van der Waals surface area contributed by atoms with Crippen molar-refractivity contribution in [2.45, 2.75) is 30.7 Å². The van der Waals surface area contributed by atoms with Gasteiger partial charge in [0, 0.05) is 34.0 Å². The number of aromatic hydroxyl groups is 2. The van der Waals surface area contributed by atoms with Crippen LogP contribution in [-0.2, 0) is 4.74 Å². The molecule has 0 aliphatic carbocycles. The molecule has 1 aliphatic rings. The van der Waals surface area contributed by atoms with Gasteiger partial charge < -0.3 is 63.1 Å². The van der Waals surface area contributed by atoms with Gasteiger partial charge in [0.2, 0.25) is 6.29 Å². The fraction of sp³-hybridized carbons (Fsp3) is 0.265. The zero-order valence-electron chi connectivity index (χ0n) is 25.8. The first-order valence-corrected chi connectivity index (χ1v) is 14.8. The van der Waals surface area contributed by atoms with Crippen molar-refractivity contribution in [1.82, 2.24) is 4.40 Å². The first-order chi connectivity index (χ1) is 23.1. The van der Waals surface area contributed by atoms with Crippen molar-refractivity contribution in [3.05, 3.63) is 65.1 Å². The molecule has 1 fully saturated rings. The van der Waals surface area contributed by atoms with Crippen molar-refractivity contribution in [1.29, 1.82) is 0 Å². The summed E-state index contributed by atoms with van der Waals surface area (Å²) < 4.78 is 35.3. The predicted molar refractivity (Wildman–Crippen MR) is 171 cm³/mol. The Hall–Kier alpha value is -5.25. The molecule has 0 unspecified atom stereocenters. The fourth-order valence-electron chi connectivity index (χ4n) is 6.34. The van der Waals surface area contributed by atoms with Gasteiger partial charge in [0.1, 0.15) is 35.5 Å². The van der Waals surface area contributed by atoms with E-state index in [9.17, 15) is 35.4 Å². The first-order valence-electron chi connectivity index (χ1n) is 14.8. The molecular weight excluding hydrogens is 630 g/mol. The van der Waals surface area contributed by atoms with Gasteiger partial charge in [-0.05, 0) is 47.3 Å². The minimum absolute atomic E-state index is 0.0912. The van der Waals surface area contributed by atoms with Crippen molar-refractivity contribution in [2.75, 3.05) is 27.9 Å². The molecular formula is C34H31NO13. The summed E-state index contributed by atoms with van der Waals surface area (Å²) in [6, 6.07) is 12.7. The number of hydrogen-bond donors (Lipinski definition) is 6. The molecule has 3 aromatic carbocycles. The van der Waals surface area contributed by atoms with Crippen LogP contribution in [0.4, 0.5) is 0 Å². The molecule has 6 N–H and O–H groups in total. The van der Waals surface area contributed by atoms with Gasteiger partial charge in [-0.25, -0.2) is 4.79 Å². The molecule has 48 heavy (non-hydrogen) atoms. The smallest absolute Gasteiger partial charge is 0.361 e. The minimum atomic E-state index is -1.65. The van der Waals surface area contributed by atoms with Crippen molar-refractivity contribution in [3.63, 3.8) is 0 Å². The molecule has 14 heteroatoms. The summed E-state index contributed by atoms with van der Waals surface area (Å²) >= 11 is 0. The lowest BCUT2D eigenvalue weighted by Gasteiger charge is -2.39. The molecule has 14 nitrogen and oxygen atoms in total. The Morgan fingerprint density at radius 1 is 0.771 bits per heavy atom. The number of aliphatic hydroxyl groups excluding tert-OH is 4. The number of aromatic nitrogens is 1. The standard InChI is InChI=1S/C34H31NO13/c1-43-21-9-15(4-5-18(21)37)26-27-17-11-22(44-2)19(38)12-20(17)46-33(42)29(27)35-7-6-14-8-24(23(45-3)10-16(14)28(26)35)47-34-32(41)31(40)30(39)25(13-36)48-34/h4-12,25,30-32,34,36-41H,13H2,1-3H3/t25-,30-,31+,32+,34+/m1/s1. The van der Waals surface area contributed by atoms with Gasteiger partial charge in [0.05, 0.1) is 33.5 Å². The molecule has 0 radical (unpaired) electrons. The Labute approximate surface area is 270 Å². The molecule has 6 aromatic rings. The first kappa shape index (κ1) is 31.4. The molecule has 250 valence electrons. The van der Waals surface area contributed by atoms with Gasteiger partial charge in [0.25, 0.3) is 0 Å². The molecule has 1 saturated heterocycles. The highest BCUT2D eigenvalue weighted by molar-refractivity contribution is 6.22. The molecule has 3 aromatic heterocycles. The van der Waals surface area contributed by atoms with E-state index in [1.807, 2.05) is 0 Å². The lowest BCUT2D eigenvalue weighted by molar-refractivity contribution is -0.277. The SMILES string of the molecule is COc1cc(-c2c3c4cc(OC)c(O)cc4oc(=O)c3n3ccc4cc(O[C@H]5O[C@H](CO)[C@@H](O)[C@H](O)[C@@H]5O)c(OC)cc4c23)ccc1O. The second kappa shape index (κ2) is 11.8. The monoisotopic (exact) mass is 661 g/mol. The van der Waals surface area contributed by atoms with Gasteiger partial charge in [-0.15, -0.1) is 0 Å². The molecule has 0 bridgehead atoms. The topological polar surface area (TPSA) is 202 Å². The van der Waals surface area contributed by atoms with Gasteiger partial charge in [0.15, 0.2) is 34.5 Å². The van der Waals surface area contributed by atoms with Crippen LogP contribution in [0.5, 0.6) is 34.5 Å². The summed E-state index contributed by atoms with van der Waals surface area (Å²) in [5, 5.41) is 63.7. The maximum Gasteiger partial charge on any atom is 0.361 e. The Morgan fingerprint density at radius 2 is 1.48 bits per heavy atom. The lowest BCUT2D eigenvalue weighted by Crippen LogP contribution is -2.60. The summed E-state index contributed by atoms with van der Waals surface area (Å²) in [6.45, 7) is -0.627. The van der Waals surface area contributed by atoms with E-state index in [4.69, 9.17) is 28.1 Å². The van der Waals surface area contributed by atoms with Crippen LogP contribution in [0, 0.1) is 0 Å². The average Bonchev–Trinajstić information content (AvgIpc) is 3.44. The number of phenolic OH excluding ortho intramolecular Hbond substituents is 2. The van der Waals surface area contributed by atoms with E-state index in [1.54, 1.807) is 47.0 Å². The quantitative estimate of drug-likeness (QED) is 0.137. The second-order valence-corrected chi connectivity index (χ2v) is 11.3. The van der Waals surface area contributed by atoms with Crippen LogP contribution in [0.3, 0.4) is 0 Å². The zero-order valence-corrected chi connectivity index (χ0v) is 25.8. The van der Waals surface area contributed by atoms with E-state index in [0.29, 0.717) is 38.2 Å². The predicted octanol–water partition coefficient (Wildman–Crippen LogP) is 2.63. The summed E-state index contributed by atoms with van der Waals surface area (Å²) in [5.41, 5.74) is 1.30. The maximum absolute atomic E-state index is 13.7. The number of hydrogen-bond acceptors (Lipinski definition) is 13. The summed E-state index contributed by atoms with van der Waals surface area (Å²) in [7, 11) is 4.23. The van der Waals surface area contributed by atoms with E-state index in [2.05, 4.69) is 0 Å².